The molecule has 4 heterocycles. The lowest BCUT2D eigenvalue weighted by Gasteiger charge is -2.39. The fourth-order valence-corrected chi connectivity index (χ4v) is 6.13. The van der Waals surface area contributed by atoms with Crippen LogP contribution in [-0.2, 0) is 11.2 Å². The number of benzene rings is 1. The van der Waals surface area contributed by atoms with Crippen molar-refractivity contribution in [1.82, 2.24) is 19.4 Å². The minimum Gasteiger partial charge on any atom is -0.493 e. The molecule has 1 amide bonds. The molecule has 1 unspecified atom stereocenters. The number of likely N-dealkylation sites (tertiary alicyclic amines) is 2. The standard InChI is InChI=1S/C33H47FN6O2/c1-5-30-33(37-32(36-30)23(2)3)38-14-10-25(11-15-38)7-6-24(4)12-17-42-28-9-8-26(29(34)19-28)18-31(41)40-20-27(21-40)39-16-13-35-22-39/h8-9,13,16,19,22-25,27,30H,5-7,10-12,14-15,17-18,20-21H2,1-4H3/t24-,30?/m0/s1. The summed E-state index contributed by atoms with van der Waals surface area (Å²) in [5.74, 6) is 3.98. The van der Waals surface area contributed by atoms with Crippen molar-refractivity contribution < 1.29 is 13.9 Å². The van der Waals surface area contributed by atoms with Crippen molar-refractivity contribution in [3.63, 3.8) is 0 Å². The molecule has 5 rings (SSSR count). The molecule has 0 spiro atoms. The summed E-state index contributed by atoms with van der Waals surface area (Å²) in [6, 6.07) is 5.37. The highest BCUT2D eigenvalue weighted by molar-refractivity contribution is 6.05. The first-order chi connectivity index (χ1) is 20.3. The van der Waals surface area contributed by atoms with E-state index in [1.807, 2.05) is 10.8 Å². The molecule has 228 valence electrons. The van der Waals surface area contributed by atoms with Crippen molar-refractivity contribution in [2.75, 3.05) is 32.8 Å². The van der Waals surface area contributed by atoms with Gasteiger partial charge in [-0.2, -0.15) is 0 Å². The highest BCUT2D eigenvalue weighted by atomic mass is 19.1. The molecule has 8 nitrogen and oxygen atoms in total. The molecule has 0 aliphatic carbocycles. The SMILES string of the molecule is CCC1N=C(C(C)C)N=C1N1CCC(CC[C@H](C)CCOc2ccc(CC(=O)N3CC(n4ccnc4)C3)c(F)c2)CC1. The topological polar surface area (TPSA) is 75.3 Å². The second-order valence-electron chi connectivity index (χ2n) is 12.7. The predicted octanol–water partition coefficient (Wildman–Crippen LogP) is 5.79. The summed E-state index contributed by atoms with van der Waals surface area (Å²) < 4.78 is 22.6. The number of carbonyl (C=O) groups excluding carboxylic acids is 1. The Balaban J connectivity index is 0.972. The monoisotopic (exact) mass is 578 g/mol. The van der Waals surface area contributed by atoms with Gasteiger partial charge in [0.25, 0.3) is 0 Å². The van der Waals surface area contributed by atoms with E-state index < -0.39 is 0 Å². The van der Waals surface area contributed by atoms with Gasteiger partial charge in [-0.15, -0.1) is 0 Å². The van der Waals surface area contributed by atoms with Crippen LogP contribution >= 0.6 is 0 Å². The van der Waals surface area contributed by atoms with E-state index in [-0.39, 0.29) is 30.2 Å². The Morgan fingerprint density at radius 2 is 1.93 bits per heavy atom. The van der Waals surface area contributed by atoms with E-state index in [1.165, 1.54) is 37.6 Å². The van der Waals surface area contributed by atoms with Gasteiger partial charge in [0.2, 0.25) is 5.91 Å². The van der Waals surface area contributed by atoms with Crippen LogP contribution in [0.1, 0.15) is 77.8 Å². The summed E-state index contributed by atoms with van der Waals surface area (Å²) in [6.45, 7) is 12.8. The molecular weight excluding hydrogens is 531 g/mol. The van der Waals surface area contributed by atoms with E-state index in [0.717, 1.165) is 37.7 Å². The zero-order valence-electron chi connectivity index (χ0n) is 25.7. The molecule has 2 saturated heterocycles. The average molecular weight is 579 g/mol. The fourth-order valence-electron chi connectivity index (χ4n) is 6.13. The van der Waals surface area contributed by atoms with Gasteiger partial charge in [0.1, 0.15) is 29.3 Å². The van der Waals surface area contributed by atoms with Crippen LogP contribution in [0.3, 0.4) is 0 Å². The van der Waals surface area contributed by atoms with Crippen LogP contribution in [0.4, 0.5) is 4.39 Å². The molecule has 1 aromatic heterocycles. The summed E-state index contributed by atoms with van der Waals surface area (Å²) >= 11 is 0. The summed E-state index contributed by atoms with van der Waals surface area (Å²) in [5.41, 5.74) is 0.413. The van der Waals surface area contributed by atoms with Crippen LogP contribution in [0.15, 0.2) is 46.9 Å². The first kappa shape index (κ1) is 30.2. The smallest absolute Gasteiger partial charge is 0.227 e. The molecule has 9 heteroatoms. The highest BCUT2D eigenvalue weighted by Gasteiger charge is 2.32. The summed E-state index contributed by atoms with van der Waals surface area (Å²) in [5, 5.41) is 0. The second-order valence-corrected chi connectivity index (χ2v) is 12.7. The van der Waals surface area contributed by atoms with E-state index in [2.05, 4.69) is 37.6 Å². The number of ether oxygens (including phenoxy) is 1. The normalized spacial score (nSPS) is 20.5. The van der Waals surface area contributed by atoms with Crippen molar-refractivity contribution in [2.24, 2.45) is 27.7 Å². The van der Waals surface area contributed by atoms with Crippen molar-refractivity contribution in [1.29, 1.82) is 0 Å². The number of rotatable bonds is 12. The lowest BCUT2D eigenvalue weighted by atomic mass is 9.88. The summed E-state index contributed by atoms with van der Waals surface area (Å²) in [6.07, 6.45) is 12.3. The maximum Gasteiger partial charge on any atom is 0.227 e. The number of piperidine rings is 1. The Morgan fingerprint density at radius 1 is 1.14 bits per heavy atom. The largest absolute Gasteiger partial charge is 0.493 e. The van der Waals surface area contributed by atoms with Crippen molar-refractivity contribution in [2.45, 2.75) is 84.7 Å². The predicted molar refractivity (Wildman–Crippen MR) is 165 cm³/mol. The van der Waals surface area contributed by atoms with Gasteiger partial charge in [-0.1, -0.05) is 46.6 Å². The molecule has 3 aliphatic rings. The quantitative estimate of drug-likeness (QED) is 0.320. The fraction of sp³-hybridized carbons (Fsp3) is 0.636. The molecule has 2 fully saturated rings. The number of carbonyl (C=O) groups is 1. The minimum atomic E-state index is -0.382. The van der Waals surface area contributed by atoms with Gasteiger partial charge < -0.3 is 19.1 Å². The zero-order chi connectivity index (χ0) is 29.6. The minimum absolute atomic E-state index is 0.0508. The van der Waals surface area contributed by atoms with Crippen LogP contribution in [0.2, 0.25) is 0 Å². The van der Waals surface area contributed by atoms with E-state index in [4.69, 9.17) is 14.7 Å². The molecule has 1 aromatic carbocycles. The van der Waals surface area contributed by atoms with Crippen molar-refractivity contribution in [3.8, 4) is 5.75 Å². The number of hydrogen-bond acceptors (Lipinski definition) is 6. The third-order valence-electron chi connectivity index (χ3n) is 9.13. The molecule has 0 saturated carbocycles. The van der Waals surface area contributed by atoms with Crippen LogP contribution in [-0.4, -0.2) is 75.8 Å². The summed E-state index contributed by atoms with van der Waals surface area (Å²) in [7, 11) is 0. The number of aliphatic imine (C=N–C) groups is 2. The second kappa shape index (κ2) is 13.8. The van der Waals surface area contributed by atoms with Gasteiger partial charge in [0, 0.05) is 50.6 Å². The van der Waals surface area contributed by atoms with Gasteiger partial charge in [-0.3, -0.25) is 9.79 Å². The van der Waals surface area contributed by atoms with Crippen LogP contribution in [0, 0.1) is 23.6 Å². The van der Waals surface area contributed by atoms with Gasteiger partial charge in [0.05, 0.1) is 25.4 Å². The van der Waals surface area contributed by atoms with Gasteiger partial charge in [0.15, 0.2) is 0 Å². The Labute approximate surface area is 250 Å². The molecule has 0 bridgehead atoms. The van der Waals surface area contributed by atoms with E-state index in [1.54, 1.807) is 29.6 Å². The van der Waals surface area contributed by atoms with Gasteiger partial charge >= 0.3 is 0 Å². The van der Waals surface area contributed by atoms with E-state index in [9.17, 15) is 9.18 Å². The molecule has 42 heavy (non-hydrogen) atoms. The Hall–Kier alpha value is -3.23. The maximum absolute atomic E-state index is 14.8. The number of halogens is 1. The first-order valence-corrected chi connectivity index (χ1v) is 15.9. The number of hydrogen-bond donors (Lipinski definition) is 0. The first-order valence-electron chi connectivity index (χ1n) is 15.9. The van der Waals surface area contributed by atoms with Gasteiger partial charge in [-0.05, 0) is 49.1 Å². The highest BCUT2D eigenvalue weighted by Crippen LogP contribution is 2.28. The third kappa shape index (κ3) is 7.39. The maximum atomic E-state index is 14.8. The molecule has 2 aromatic rings. The number of amidine groups is 2. The molecule has 0 N–H and O–H groups in total. The average Bonchev–Trinajstić information content (AvgIpc) is 3.64. The Morgan fingerprint density at radius 3 is 2.60 bits per heavy atom. The lowest BCUT2D eigenvalue weighted by molar-refractivity contribution is -0.136. The zero-order valence-corrected chi connectivity index (χ0v) is 25.7. The van der Waals surface area contributed by atoms with Crippen molar-refractivity contribution in [3.05, 3.63) is 48.3 Å². The van der Waals surface area contributed by atoms with Crippen LogP contribution < -0.4 is 4.74 Å². The molecular formula is C33H47FN6O2. The molecule has 2 atom stereocenters. The van der Waals surface area contributed by atoms with E-state index >= 15 is 0 Å². The Kier molecular flexibility index (Phi) is 9.95. The molecule has 3 aliphatic heterocycles. The Bertz CT molecular complexity index is 1250. The van der Waals surface area contributed by atoms with Crippen LogP contribution in [0.25, 0.3) is 0 Å². The number of amides is 1. The van der Waals surface area contributed by atoms with Crippen LogP contribution in [0.5, 0.6) is 5.75 Å². The van der Waals surface area contributed by atoms with E-state index in [0.29, 0.717) is 42.8 Å². The van der Waals surface area contributed by atoms with Crippen molar-refractivity contribution >= 4 is 17.6 Å². The number of nitrogens with zero attached hydrogens (tertiary/aromatic N) is 6. The third-order valence-corrected chi connectivity index (χ3v) is 9.13. The number of imidazole rings is 1. The number of aromatic nitrogens is 2. The van der Waals surface area contributed by atoms with Gasteiger partial charge in [-0.25, -0.2) is 14.4 Å². The summed E-state index contributed by atoms with van der Waals surface area (Å²) in [4.78, 5) is 30.7. The molecule has 0 radical (unpaired) electrons. The lowest BCUT2D eigenvalue weighted by Crippen LogP contribution is -2.51.